The molecule has 4 aromatic rings. The van der Waals surface area contributed by atoms with Crippen LogP contribution >= 0.6 is 0 Å². The van der Waals surface area contributed by atoms with Crippen LogP contribution in [0, 0.1) is 0 Å². The zero-order chi connectivity index (χ0) is 17.9. The van der Waals surface area contributed by atoms with E-state index in [0.29, 0.717) is 12.2 Å². The van der Waals surface area contributed by atoms with Gasteiger partial charge in [-0.1, -0.05) is 48.5 Å². The van der Waals surface area contributed by atoms with Gasteiger partial charge in [-0.05, 0) is 29.3 Å². The van der Waals surface area contributed by atoms with E-state index in [1.54, 1.807) is 0 Å². The summed E-state index contributed by atoms with van der Waals surface area (Å²) in [6.07, 6.45) is 3.93. The average molecular weight is 343 g/mol. The van der Waals surface area contributed by atoms with Gasteiger partial charge >= 0.3 is 0 Å². The molecule has 26 heavy (non-hydrogen) atoms. The predicted molar refractivity (Wildman–Crippen MR) is 104 cm³/mol. The van der Waals surface area contributed by atoms with Gasteiger partial charge in [0, 0.05) is 42.8 Å². The summed E-state index contributed by atoms with van der Waals surface area (Å²) < 4.78 is 1.83. The molecule has 2 N–H and O–H groups in total. The molecule has 0 radical (unpaired) electrons. The van der Waals surface area contributed by atoms with E-state index in [0.717, 1.165) is 5.52 Å². The molecule has 4 heteroatoms. The van der Waals surface area contributed by atoms with E-state index < -0.39 is 0 Å². The first-order valence-electron chi connectivity index (χ1n) is 8.74. The van der Waals surface area contributed by atoms with E-state index in [1.807, 2.05) is 60.3 Å². The molecule has 0 aliphatic rings. The van der Waals surface area contributed by atoms with E-state index in [4.69, 9.17) is 0 Å². The third-order valence-corrected chi connectivity index (χ3v) is 4.84. The highest BCUT2D eigenvalue weighted by molar-refractivity contribution is 5.93. The normalized spacial score (nSPS) is 12.2. The summed E-state index contributed by atoms with van der Waals surface area (Å²) in [4.78, 5) is 15.9. The number of aromatic nitrogens is 2. The number of hydrogen-bond acceptors (Lipinski definition) is 1. The summed E-state index contributed by atoms with van der Waals surface area (Å²) in [7, 11) is 1.88. The molecule has 1 unspecified atom stereocenters. The van der Waals surface area contributed by atoms with Crippen LogP contribution in [-0.4, -0.2) is 22.0 Å². The van der Waals surface area contributed by atoms with Crippen molar-refractivity contribution in [1.29, 1.82) is 0 Å². The molecule has 0 fully saturated rings. The summed E-state index contributed by atoms with van der Waals surface area (Å²) in [6, 6.07) is 22.3. The molecule has 0 bridgehead atoms. The average Bonchev–Trinajstić information content (AvgIpc) is 3.29. The largest absolute Gasteiger partial charge is 0.361 e. The Kier molecular flexibility index (Phi) is 4.32. The van der Waals surface area contributed by atoms with Gasteiger partial charge in [0.25, 0.3) is 5.91 Å². The van der Waals surface area contributed by atoms with Crippen LogP contribution < -0.4 is 5.32 Å². The van der Waals surface area contributed by atoms with Crippen molar-refractivity contribution < 1.29 is 4.79 Å². The molecule has 2 heterocycles. The molecule has 0 saturated carbocycles. The van der Waals surface area contributed by atoms with Crippen LogP contribution in [0.4, 0.5) is 0 Å². The van der Waals surface area contributed by atoms with Crippen molar-refractivity contribution in [2.24, 2.45) is 7.05 Å². The third kappa shape index (κ3) is 3.02. The molecule has 2 aromatic carbocycles. The number of fused-ring (bicyclic) bond motifs is 1. The predicted octanol–water partition coefficient (Wildman–Crippen LogP) is 4.07. The summed E-state index contributed by atoms with van der Waals surface area (Å²) in [5, 5.41) is 4.29. The number of nitrogens with one attached hydrogen (secondary N) is 2. The fourth-order valence-electron chi connectivity index (χ4n) is 3.46. The van der Waals surface area contributed by atoms with Crippen molar-refractivity contribution in [1.82, 2.24) is 14.9 Å². The van der Waals surface area contributed by atoms with Crippen molar-refractivity contribution in [2.45, 2.75) is 5.92 Å². The number of hydrogen-bond donors (Lipinski definition) is 2. The van der Waals surface area contributed by atoms with Crippen molar-refractivity contribution >= 4 is 16.8 Å². The van der Waals surface area contributed by atoms with Gasteiger partial charge in [-0.2, -0.15) is 0 Å². The topological polar surface area (TPSA) is 49.8 Å². The number of carbonyl (C=O) groups is 1. The lowest BCUT2D eigenvalue weighted by molar-refractivity contribution is 0.0944. The lowest BCUT2D eigenvalue weighted by Gasteiger charge is -2.18. The minimum Gasteiger partial charge on any atom is -0.361 e. The standard InChI is InChI=1S/C22H21N3O/c1-25-13-7-12-21(25)22(26)24-14-18(16-8-3-2-4-9-16)19-15-23-20-11-6-5-10-17(19)20/h2-13,15,18,23H,14H2,1H3,(H,24,26). The Bertz CT molecular complexity index is 1030. The Balaban J connectivity index is 1.66. The molecule has 4 nitrogen and oxygen atoms in total. The van der Waals surface area contributed by atoms with Crippen LogP contribution in [0.2, 0.25) is 0 Å². The smallest absolute Gasteiger partial charge is 0.267 e. The fourth-order valence-corrected chi connectivity index (χ4v) is 3.46. The lowest BCUT2D eigenvalue weighted by Crippen LogP contribution is -2.30. The summed E-state index contributed by atoms with van der Waals surface area (Å²) in [5.74, 6) is 0.0230. The van der Waals surface area contributed by atoms with Gasteiger partial charge in [-0.15, -0.1) is 0 Å². The first-order chi connectivity index (χ1) is 12.7. The molecule has 2 aromatic heterocycles. The van der Waals surface area contributed by atoms with Gasteiger partial charge in [0.05, 0.1) is 0 Å². The highest BCUT2D eigenvalue weighted by Gasteiger charge is 2.19. The first-order valence-corrected chi connectivity index (χ1v) is 8.74. The van der Waals surface area contributed by atoms with Crippen molar-refractivity contribution in [3.05, 3.63) is 95.9 Å². The molecule has 0 spiro atoms. The second-order valence-corrected chi connectivity index (χ2v) is 6.47. The number of H-pyrrole nitrogens is 1. The minimum atomic E-state index is -0.0572. The zero-order valence-electron chi connectivity index (χ0n) is 14.6. The summed E-state index contributed by atoms with van der Waals surface area (Å²) in [5.41, 5.74) is 4.15. The monoisotopic (exact) mass is 343 g/mol. The van der Waals surface area contributed by atoms with Gasteiger partial charge in [0.15, 0.2) is 0 Å². The second-order valence-electron chi connectivity index (χ2n) is 6.47. The number of carbonyl (C=O) groups excluding carboxylic acids is 1. The Morgan fingerprint density at radius 1 is 1.04 bits per heavy atom. The first kappa shape index (κ1) is 16.2. The maximum absolute atomic E-state index is 12.6. The number of aromatic amines is 1. The number of nitrogens with zero attached hydrogens (tertiary/aromatic N) is 1. The van der Waals surface area contributed by atoms with Gasteiger partial charge in [-0.25, -0.2) is 0 Å². The molecule has 4 rings (SSSR count). The summed E-state index contributed by atoms with van der Waals surface area (Å²) in [6.45, 7) is 0.538. The molecule has 1 atom stereocenters. The molecule has 130 valence electrons. The number of rotatable bonds is 5. The van der Waals surface area contributed by atoms with Gasteiger partial charge in [0.2, 0.25) is 0 Å². The van der Waals surface area contributed by atoms with E-state index >= 15 is 0 Å². The lowest BCUT2D eigenvalue weighted by atomic mass is 9.91. The van der Waals surface area contributed by atoms with Gasteiger partial charge in [0.1, 0.15) is 5.69 Å². The van der Waals surface area contributed by atoms with Crippen molar-refractivity contribution in [3.8, 4) is 0 Å². The third-order valence-electron chi connectivity index (χ3n) is 4.84. The van der Waals surface area contributed by atoms with E-state index in [9.17, 15) is 4.79 Å². The summed E-state index contributed by atoms with van der Waals surface area (Å²) >= 11 is 0. The van der Waals surface area contributed by atoms with Crippen LogP contribution in [0.5, 0.6) is 0 Å². The number of benzene rings is 2. The molecular weight excluding hydrogens is 322 g/mol. The quantitative estimate of drug-likeness (QED) is 0.564. The number of aryl methyl sites for hydroxylation is 1. The zero-order valence-corrected chi connectivity index (χ0v) is 14.6. The van der Waals surface area contributed by atoms with Gasteiger partial charge < -0.3 is 14.9 Å². The van der Waals surface area contributed by atoms with Crippen LogP contribution in [0.25, 0.3) is 10.9 Å². The molecule has 0 aliphatic carbocycles. The highest BCUT2D eigenvalue weighted by Crippen LogP contribution is 2.30. The highest BCUT2D eigenvalue weighted by atomic mass is 16.1. The van der Waals surface area contributed by atoms with Crippen LogP contribution in [0.1, 0.15) is 27.5 Å². The van der Waals surface area contributed by atoms with Crippen molar-refractivity contribution in [3.63, 3.8) is 0 Å². The Morgan fingerprint density at radius 3 is 2.58 bits per heavy atom. The van der Waals surface area contributed by atoms with Crippen LogP contribution in [0.15, 0.2) is 79.1 Å². The van der Waals surface area contributed by atoms with Crippen LogP contribution in [0.3, 0.4) is 0 Å². The maximum atomic E-state index is 12.6. The SMILES string of the molecule is Cn1cccc1C(=O)NCC(c1ccccc1)c1c[nH]c2ccccc12. The molecule has 0 saturated heterocycles. The number of amides is 1. The fraction of sp³-hybridized carbons (Fsp3) is 0.136. The van der Waals surface area contributed by atoms with Gasteiger partial charge in [-0.3, -0.25) is 4.79 Å². The molecular formula is C22H21N3O. The minimum absolute atomic E-state index is 0.0572. The van der Waals surface area contributed by atoms with Crippen LogP contribution in [-0.2, 0) is 7.05 Å². The second kappa shape index (κ2) is 6.92. The Hall–Kier alpha value is -3.27. The van der Waals surface area contributed by atoms with Crippen molar-refractivity contribution in [2.75, 3.05) is 6.54 Å². The number of para-hydroxylation sites is 1. The molecule has 1 amide bonds. The Labute approximate surface area is 152 Å². The van der Waals surface area contributed by atoms with E-state index in [2.05, 4.69) is 40.8 Å². The maximum Gasteiger partial charge on any atom is 0.267 e. The molecule has 0 aliphatic heterocycles. The van der Waals surface area contributed by atoms with E-state index in [1.165, 1.54) is 16.5 Å². The van der Waals surface area contributed by atoms with E-state index in [-0.39, 0.29) is 11.8 Å². The Morgan fingerprint density at radius 2 is 1.81 bits per heavy atom.